The molecule has 4 saturated carbocycles. The second kappa shape index (κ2) is 20.8. The monoisotopic (exact) mass is 886 g/mol. The van der Waals surface area contributed by atoms with E-state index in [-0.39, 0.29) is 44.5 Å². The Morgan fingerprint density at radius 1 is 0.762 bits per heavy atom. The predicted molar refractivity (Wildman–Crippen MR) is 264 cm³/mol. The first-order valence-corrected chi connectivity index (χ1v) is 25.9. The highest BCUT2D eigenvalue weighted by atomic mass is 32.2. The number of carboxylic acid groups (broad SMARTS) is 1. The average molecular weight is 886 g/mol. The number of rotatable bonds is 18. The van der Waals surface area contributed by atoms with Crippen LogP contribution in [0.15, 0.2) is 70.4 Å². The second-order valence-corrected chi connectivity index (χ2v) is 24.3. The van der Waals surface area contributed by atoms with Gasteiger partial charge in [0.2, 0.25) is 5.91 Å². The summed E-state index contributed by atoms with van der Waals surface area (Å²) in [5.74, 6) is 1.80. The molecule has 0 unspecified atom stereocenters. The number of carboxylic acids is 1. The number of hydrogen-bond donors (Lipinski definition) is 2. The molecule has 5 aliphatic carbocycles. The lowest BCUT2D eigenvalue weighted by Gasteiger charge is -2.71. The zero-order valence-electron chi connectivity index (χ0n) is 41.8. The summed E-state index contributed by atoms with van der Waals surface area (Å²) in [6.45, 7) is 28.9. The van der Waals surface area contributed by atoms with Gasteiger partial charge in [-0.1, -0.05) is 107 Å². The zero-order chi connectivity index (χ0) is 46.4. The Labute approximate surface area is 388 Å². The lowest BCUT2D eigenvalue weighted by atomic mass is 9.33. The molecule has 63 heavy (non-hydrogen) atoms. The second-order valence-electron chi connectivity index (χ2n) is 23.1. The van der Waals surface area contributed by atoms with Crippen LogP contribution in [-0.4, -0.2) is 47.1 Å². The number of carbonyl (C=O) groups is 3. The maximum Gasteiger partial charge on any atom is 0.331 e. The van der Waals surface area contributed by atoms with Crippen LogP contribution in [0, 0.1) is 50.2 Å². The summed E-state index contributed by atoms with van der Waals surface area (Å²) in [7, 11) is 0. The lowest BCUT2D eigenvalue weighted by Crippen LogP contribution is -2.64. The van der Waals surface area contributed by atoms with E-state index in [1.165, 1.54) is 35.1 Å². The molecule has 0 saturated heterocycles. The highest BCUT2D eigenvalue weighted by molar-refractivity contribution is 7.99. The average Bonchev–Trinajstić information content (AvgIpc) is 3.20. The number of nitrogens with one attached hydrogen (secondary N) is 1. The van der Waals surface area contributed by atoms with Gasteiger partial charge >= 0.3 is 11.9 Å². The minimum Gasteiger partial charge on any atom is -0.478 e. The Hall–Kier alpha value is -2.80. The van der Waals surface area contributed by atoms with E-state index in [1.807, 2.05) is 11.8 Å². The highest BCUT2D eigenvalue weighted by Gasteiger charge is 2.68. The number of fused-ring (bicyclic) bond motifs is 7. The van der Waals surface area contributed by atoms with Gasteiger partial charge in [-0.3, -0.25) is 4.79 Å². The van der Waals surface area contributed by atoms with Crippen molar-refractivity contribution in [3.63, 3.8) is 0 Å². The molecule has 0 radical (unpaired) electrons. The van der Waals surface area contributed by atoms with Crippen molar-refractivity contribution >= 4 is 29.6 Å². The van der Waals surface area contributed by atoms with E-state index in [0.29, 0.717) is 24.3 Å². The summed E-state index contributed by atoms with van der Waals surface area (Å²) in [6.07, 6.45) is 31.2. The minimum absolute atomic E-state index is 0.0804. The van der Waals surface area contributed by atoms with Crippen molar-refractivity contribution in [3.8, 4) is 0 Å². The number of amides is 1. The fourth-order valence-corrected chi connectivity index (χ4v) is 14.6. The molecule has 0 aromatic rings. The van der Waals surface area contributed by atoms with Crippen molar-refractivity contribution < 1.29 is 24.2 Å². The smallest absolute Gasteiger partial charge is 0.331 e. The molecule has 5 aliphatic rings. The van der Waals surface area contributed by atoms with Crippen molar-refractivity contribution in [2.45, 2.75) is 192 Å². The fourth-order valence-electron chi connectivity index (χ4n) is 13.8. The molecule has 0 bridgehead atoms. The Morgan fingerprint density at radius 2 is 1.38 bits per heavy atom. The van der Waals surface area contributed by atoms with Crippen molar-refractivity contribution in [2.75, 3.05) is 18.1 Å². The van der Waals surface area contributed by atoms with Crippen LogP contribution in [0.5, 0.6) is 0 Å². The van der Waals surface area contributed by atoms with Crippen molar-refractivity contribution in [2.24, 2.45) is 50.2 Å². The zero-order valence-corrected chi connectivity index (χ0v) is 42.6. The van der Waals surface area contributed by atoms with E-state index in [9.17, 15) is 14.4 Å². The summed E-state index contributed by atoms with van der Waals surface area (Å²) in [4.78, 5) is 37.8. The van der Waals surface area contributed by atoms with Crippen LogP contribution in [-0.2, 0) is 19.1 Å². The molecule has 0 aliphatic heterocycles. The topological polar surface area (TPSA) is 92.7 Å². The van der Waals surface area contributed by atoms with Crippen molar-refractivity contribution in [1.29, 1.82) is 0 Å². The van der Waals surface area contributed by atoms with Gasteiger partial charge in [-0.15, -0.1) is 0 Å². The first-order valence-electron chi connectivity index (χ1n) is 24.8. The van der Waals surface area contributed by atoms with Crippen LogP contribution in [0.3, 0.4) is 0 Å². The normalized spacial score (nSPS) is 35.4. The van der Waals surface area contributed by atoms with Gasteiger partial charge in [0, 0.05) is 41.0 Å². The summed E-state index contributed by atoms with van der Waals surface area (Å²) in [6, 6.07) is 0. The van der Waals surface area contributed by atoms with Gasteiger partial charge < -0.3 is 15.2 Å². The van der Waals surface area contributed by atoms with Gasteiger partial charge in [-0.05, 0) is 177 Å². The molecule has 6 nitrogen and oxygen atoms in total. The third-order valence-electron chi connectivity index (χ3n) is 18.2. The van der Waals surface area contributed by atoms with Crippen LogP contribution in [0.1, 0.15) is 186 Å². The number of carbonyl (C=O) groups excluding carboxylic acids is 2. The lowest BCUT2D eigenvalue weighted by molar-refractivity contribution is -0.211. The number of hydrogen-bond acceptors (Lipinski definition) is 5. The molecule has 0 heterocycles. The van der Waals surface area contributed by atoms with Crippen molar-refractivity contribution in [3.05, 3.63) is 70.4 Å². The van der Waals surface area contributed by atoms with Gasteiger partial charge in [0.25, 0.3) is 0 Å². The fraction of sp³-hybridized carbons (Fsp3) is 0.732. The van der Waals surface area contributed by atoms with E-state index in [1.54, 1.807) is 5.57 Å². The van der Waals surface area contributed by atoms with Crippen LogP contribution in [0.2, 0.25) is 0 Å². The third kappa shape index (κ3) is 11.4. The molecule has 7 heteroatoms. The molecular formula is C56H87NO5S. The molecule has 1 amide bonds. The number of ether oxygens (including phenoxy) is 1. The minimum atomic E-state index is -1.14. The third-order valence-corrected chi connectivity index (χ3v) is 19.1. The Bertz CT molecular complexity index is 1860. The summed E-state index contributed by atoms with van der Waals surface area (Å²) >= 11 is 1.91. The molecule has 0 aromatic carbocycles. The first-order chi connectivity index (χ1) is 29.5. The van der Waals surface area contributed by atoms with E-state index in [4.69, 9.17) is 9.84 Å². The molecule has 352 valence electrons. The molecule has 5 rings (SSSR count). The largest absolute Gasteiger partial charge is 0.478 e. The van der Waals surface area contributed by atoms with E-state index in [2.05, 4.69) is 119 Å². The number of allylic oxidation sites excluding steroid dienone is 9. The van der Waals surface area contributed by atoms with Crippen LogP contribution < -0.4 is 5.32 Å². The molecule has 2 N–H and O–H groups in total. The Kier molecular flexibility index (Phi) is 16.9. The summed E-state index contributed by atoms with van der Waals surface area (Å²) in [5, 5.41) is 12.4. The van der Waals surface area contributed by atoms with E-state index in [0.717, 1.165) is 114 Å². The Balaban J connectivity index is 1.13. The van der Waals surface area contributed by atoms with Gasteiger partial charge in [0.05, 0.1) is 0 Å². The first kappa shape index (κ1) is 51.2. The SMILES string of the molecule is CC(C)=CCC/C(C)=C/CC/C(C)=C/CC/C(C)=C/CSCCNC(=O)[C@@]1(C)CC[C@]2(C)CC[C@]3(C)C(=CC[C@@H]4[C@@]5(C)CC[C@H](OC(=O)/C=C\C(=O)O)C(C)(C)[C@@H]5CC[C@]43C)[C@@H]2C1. The summed E-state index contributed by atoms with van der Waals surface area (Å²) < 4.78 is 5.98. The van der Waals surface area contributed by atoms with E-state index < -0.39 is 11.9 Å². The molecule has 4 fully saturated rings. The maximum atomic E-state index is 14.1. The highest BCUT2D eigenvalue weighted by Crippen LogP contribution is 2.75. The van der Waals surface area contributed by atoms with E-state index >= 15 is 0 Å². The Morgan fingerprint density at radius 3 is 2.02 bits per heavy atom. The molecular weight excluding hydrogens is 799 g/mol. The number of aliphatic carboxylic acids is 1. The number of thioether (sulfide) groups is 1. The van der Waals surface area contributed by atoms with Crippen LogP contribution in [0.4, 0.5) is 0 Å². The van der Waals surface area contributed by atoms with Gasteiger partial charge in [0.15, 0.2) is 0 Å². The van der Waals surface area contributed by atoms with Crippen LogP contribution >= 0.6 is 11.8 Å². The standard InChI is InChI=1S/C56H87NO5S/c1-39(2)16-13-17-40(3)18-14-19-41(4)20-15-21-42(5)28-36-63-37-35-57-50(61)53(9)32-31-52(8)33-34-55(11)43(44(52)38-53)22-23-46-54(10)29-27-47(62-49(60)25-24-48(58)59)51(6,7)45(54)26-30-56(46,55)12/h16,18,20,22,24-25,28,44-47H,13-15,17,19,21,23,26-27,29-38H2,1-12H3,(H,57,61)(H,58,59)/b25-24-,40-18+,41-20+,42-28+/t44-,45-,46+,47-,52+,53-,54-,55+,56+/m0/s1. The molecule has 9 atom stereocenters. The van der Waals surface area contributed by atoms with Gasteiger partial charge in [-0.25, -0.2) is 9.59 Å². The van der Waals surface area contributed by atoms with Gasteiger partial charge in [-0.2, -0.15) is 11.8 Å². The predicted octanol–water partition coefficient (Wildman–Crippen LogP) is 14.3. The maximum absolute atomic E-state index is 14.1. The molecule has 0 spiro atoms. The van der Waals surface area contributed by atoms with Gasteiger partial charge in [0.1, 0.15) is 6.10 Å². The summed E-state index contributed by atoms with van der Waals surface area (Å²) in [5.41, 5.74) is 7.47. The van der Waals surface area contributed by atoms with Crippen molar-refractivity contribution in [1.82, 2.24) is 5.32 Å². The van der Waals surface area contributed by atoms with Crippen LogP contribution in [0.25, 0.3) is 0 Å². The number of esters is 1. The molecule has 0 aromatic heterocycles. The quantitative estimate of drug-likeness (QED) is 0.0616.